The molecule has 2 aromatic rings. The Kier molecular flexibility index (Phi) is 16.9. The fraction of sp³-hybridized carbons (Fsp3) is 0.758. The lowest BCUT2D eigenvalue weighted by Crippen LogP contribution is -2.31. The summed E-state index contributed by atoms with van der Waals surface area (Å²) in [5, 5.41) is 16.4. The first-order valence-corrected chi connectivity index (χ1v) is 16.2. The largest absolute Gasteiger partial charge is 0.488 e. The van der Waals surface area contributed by atoms with Gasteiger partial charge < -0.3 is 30.0 Å². The Hall–Kier alpha value is -2.40. The molecule has 2 aliphatic heterocycles. The second kappa shape index (κ2) is 19.8. The lowest BCUT2D eigenvalue weighted by molar-refractivity contribution is 0.00612. The molecule has 0 aliphatic carbocycles. The Labute approximate surface area is 260 Å². The number of ether oxygens (including phenoxy) is 3. The van der Waals surface area contributed by atoms with E-state index in [1.54, 1.807) is 24.8 Å². The zero-order valence-electron chi connectivity index (χ0n) is 28.0. The molecule has 10 nitrogen and oxygen atoms in total. The van der Waals surface area contributed by atoms with Gasteiger partial charge in [0, 0.05) is 13.1 Å². The molecule has 4 atom stereocenters. The van der Waals surface area contributed by atoms with Gasteiger partial charge in [0.25, 0.3) is 0 Å². The minimum Gasteiger partial charge on any atom is -0.488 e. The third-order valence-corrected chi connectivity index (χ3v) is 6.37. The van der Waals surface area contributed by atoms with Gasteiger partial charge in [-0.05, 0) is 86.0 Å². The van der Waals surface area contributed by atoms with E-state index in [-0.39, 0.29) is 36.5 Å². The van der Waals surface area contributed by atoms with Crippen LogP contribution in [0.2, 0.25) is 0 Å². The van der Waals surface area contributed by atoms with Gasteiger partial charge in [-0.1, -0.05) is 20.8 Å². The van der Waals surface area contributed by atoms with Crippen molar-refractivity contribution in [1.29, 1.82) is 0 Å². The van der Waals surface area contributed by atoms with Crippen molar-refractivity contribution in [2.75, 3.05) is 13.1 Å². The van der Waals surface area contributed by atoms with Crippen LogP contribution in [0.4, 0.5) is 0 Å². The minimum absolute atomic E-state index is 0.130. The standard InChI is InChI=1S/C16H27N3O2.C13H21N3O2.C4H10/c1-11(2)20-13-6-5-7-15(17-8-13)16-18-9-14(10-19-16)21-12(3)4;1-9(2)18-11-7-15-13(16-8-11)12-5-3-4-10(17)6-14-12;1-4(2)3/h9-13,15,17H,5-8H2,1-4H3;7-10,12,14,17H,3-6H2,1-2H3;4H,1-3H3. The number of hydrogen-bond acceptors (Lipinski definition) is 10. The molecule has 2 aliphatic rings. The van der Waals surface area contributed by atoms with Crippen LogP contribution in [-0.2, 0) is 4.74 Å². The molecule has 0 bridgehead atoms. The first-order valence-electron chi connectivity index (χ1n) is 16.2. The molecule has 4 rings (SSSR count). The molecular formula is C33H58N6O4. The predicted octanol–water partition coefficient (Wildman–Crippen LogP) is 5.97. The van der Waals surface area contributed by atoms with Crippen LogP contribution in [0.15, 0.2) is 24.8 Å². The number of nitrogens with one attached hydrogen (secondary N) is 2. The molecule has 0 spiro atoms. The highest BCUT2D eigenvalue weighted by atomic mass is 16.5. The molecule has 2 fully saturated rings. The Balaban J connectivity index is 0.000000269. The lowest BCUT2D eigenvalue weighted by Gasteiger charge is -2.19. The molecule has 4 unspecified atom stereocenters. The van der Waals surface area contributed by atoms with Crippen molar-refractivity contribution in [2.24, 2.45) is 5.92 Å². The Morgan fingerprint density at radius 2 is 1.05 bits per heavy atom. The molecule has 244 valence electrons. The average molecular weight is 603 g/mol. The third-order valence-electron chi connectivity index (χ3n) is 6.37. The number of aliphatic hydroxyl groups is 1. The van der Waals surface area contributed by atoms with Crippen LogP contribution in [0.3, 0.4) is 0 Å². The smallest absolute Gasteiger partial charge is 0.156 e. The monoisotopic (exact) mass is 602 g/mol. The van der Waals surface area contributed by atoms with E-state index in [0.29, 0.717) is 18.4 Å². The zero-order valence-corrected chi connectivity index (χ0v) is 28.0. The summed E-state index contributed by atoms with van der Waals surface area (Å²) >= 11 is 0. The van der Waals surface area contributed by atoms with E-state index >= 15 is 0 Å². The Bertz CT molecular complexity index is 985. The van der Waals surface area contributed by atoms with Crippen molar-refractivity contribution < 1.29 is 19.3 Å². The summed E-state index contributed by atoms with van der Waals surface area (Å²) in [6, 6.07) is 0.342. The first kappa shape index (κ1) is 36.8. The highest BCUT2D eigenvalue weighted by Crippen LogP contribution is 2.23. The van der Waals surface area contributed by atoms with Crippen molar-refractivity contribution in [2.45, 2.75) is 143 Å². The third kappa shape index (κ3) is 15.8. The molecular weight excluding hydrogens is 544 g/mol. The summed E-state index contributed by atoms with van der Waals surface area (Å²) in [5.41, 5.74) is 0. The van der Waals surface area contributed by atoms with Crippen LogP contribution in [-0.4, -0.2) is 68.7 Å². The normalized spacial score (nSPS) is 22.7. The molecule has 43 heavy (non-hydrogen) atoms. The van der Waals surface area contributed by atoms with Crippen LogP contribution in [0.5, 0.6) is 11.5 Å². The second-order valence-corrected chi connectivity index (χ2v) is 12.9. The summed E-state index contributed by atoms with van der Waals surface area (Å²) in [5.74, 6) is 3.88. The van der Waals surface area contributed by atoms with E-state index in [0.717, 1.165) is 68.4 Å². The number of β-amino-alcohol motifs (C(OH)–C–C–N with tert-alkyl or cyclic N) is 1. The molecule has 4 heterocycles. The van der Waals surface area contributed by atoms with Gasteiger partial charge >= 0.3 is 0 Å². The van der Waals surface area contributed by atoms with Crippen molar-refractivity contribution >= 4 is 0 Å². The fourth-order valence-corrected chi connectivity index (χ4v) is 4.69. The van der Waals surface area contributed by atoms with Gasteiger partial charge in [0.1, 0.15) is 11.6 Å². The van der Waals surface area contributed by atoms with Crippen LogP contribution < -0.4 is 20.1 Å². The summed E-state index contributed by atoms with van der Waals surface area (Å²) < 4.78 is 17.0. The van der Waals surface area contributed by atoms with Gasteiger partial charge in [0.15, 0.2) is 11.5 Å². The van der Waals surface area contributed by atoms with Gasteiger partial charge in [-0.25, -0.2) is 19.9 Å². The second-order valence-electron chi connectivity index (χ2n) is 12.9. The highest BCUT2D eigenvalue weighted by molar-refractivity contribution is 5.15. The fourth-order valence-electron chi connectivity index (χ4n) is 4.69. The van der Waals surface area contributed by atoms with E-state index in [2.05, 4.69) is 65.2 Å². The highest BCUT2D eigenvalue weighted by Gasteiger charge is 2.22. The van der Waals surface area contributed by atoms with E-state index in [1.807, 2.05) is 27.7 Å². The number of nitrogens with zero attached hydrogens (tertiary/aromatic N) is 4. The van der Waals surface area contributed by atoms with Crippen molar-refractivity contribution in [3.05, 3.63) is 36.4 Å². The SMILES string of the molecule is CC(C)C.CC(C)Oc1cnc(C2CCCC(O)CN2)nc1.CC(C)Oc1cnc(C2CCCC(OC(C)C)CN2)nc1. The average Bonchev–Trinajstić information content (AvgIpc) is 3.29. The van der Waals surface area contributed by atoms with Crippen LogP contribution in [0.1, 0.15) is 125 Å². The molecule has 3 N–H and O–H groups in total. The number of rotatable bonds is 8. The number of aliphatic hydroxyl groups excluding tert-OH is 1. The molecule has 0 amide bonds. The van der Waals surface area contributed by atoms with E-state index in [1.165, 1.54) is 0 Å². The molecule has 0 saturated carbocycles. The first-order chi connectivity index (χ1) is 20.4. The van der Waals surface area contributed by atoms with Crippen LogP contribution in [0, 0.1) is 5.92 Å². The summed E-state index contributed by atoms with van der Waals surface area (Å²) in [6.07, 6.45) is 13.6. The molecule has 0 aromatic carbocycles. The Morgan fingerprint density at radius 3 is 1.47 bits per heavy atom. The van der Waals surface area contributed by atoms with E-state index < -0.39 is 0 Å². The summed E-state index contributed by atoms with van der Waals surface area (Å²) in [4.78, 5) is 17.6. The Morgan fingerprint density at radius 1 is 0.628 bits per heavy atom. The maximum Gasteiger partial charge on any atom is 0.156 e. The quantitative estimate of drug-likeness (QED) is 0.333. The van der Waals surface area contributed by atoms with Crippen LogP contribution >= 0.6 is 0 Å². The molecule has 10 heteroatoms. The van der Waals surface area contributed by atoms with Gasteiger partial charge in [-0.2, -0.15) is 0 Å². The molecule has 0 radical (unpaired) electrons. The van der Waals surface area contributed by atoms with Crippen LogP contribution in [0.25, 0.3) is 0 Å². The maximum atomic E-state index is 9.57. The van der Waals surface area contributed by atoms with Gasteiger partial charge in [0.05, 0.1) is 67.4 Å². The summed E-state index contributed by atoms with van der Waals surface area (Å²) in [7, 11) is 0. The lowest BCUT2D eigenvalue weighted by atomic mass is 10.1. The zero-order chi connectivity index (χ0) is 31.8. The van der Waals surface area contributed by atoms with E-state index in [9.17, 15) is 5.11 Å². The van der Waals surface area contributed by atoms with E-state index in [4.69, 9.17) is 14.2 Å². The topological polar surface area (TPSA) is 124 Å². The number of aromatic nitrogens is 4. The summed E-state index contributed by atoms with van der Waals surface area (Å²) in [6.45, 7) is 20.1. The van der Waals surface area contributed by atoms with Gasteiger partial charge in [0.2, 0.25) is 0 Å². The van der Waals surface area contributed by atoms with Crippen molar-refractivity contribution in [3.63, 3.8) is 0 Å². The molecule has 2 aromatic heterocycles. The molecule has 2 saturated heterocycles. The van der Waals surface area contributed by atoms with Gasteiger partial charge in [-0.3, -0.25) is 0 Å². The predicted molar refractivity (Wildman–Crippen MR) is 171 cm³/mol. The number of hydrogen-bond donors (Lipinski definition) is 3. The minimum atomic E-state index is -0.251. The van der Waals surface area contributed by atoms with Crippen molar-refractivity contribution in [1.82, 2.24) is 30.6 Å². The maximum absolute atomic E-state index is 9.57. The van der Waals surface area contributed by atoms with Crippen molar-refractivity contribution in [3.8, 4) is 11.5 Å². The van der Waals surface area contributed by atoms with Gasteiger partial charge in [-0.15, -0.1) is 0 Å².